The fourth-order valence-corrected chi connectivity index (χ4v) is 1.84. The van der Waals surface area contributed by atoms with E-state index in [-0.39, 0.29) is 6.04 Å². The molecule has 0 radical (unpaired) electrons. The number of hydrogen-bond acceptors (Lipinski definition) is 3. The highest BCUT2D eigenvalue weighted by Crippen LogP contribution is 2.35. The summed E-state index contributed by atoms with van der Waals surface area (Å²) in [7, 11) is 3.19. The molecule has 0 saturated heterocycles. The van der Waals surface area contributed by atoms with E-state index in [9.17, 15) is 0 Å². The number of nitrogens with two attached hydrogens (primary N) is 1. The number of benzene rings is 1. The van der Waals surface area contributed by atoms with Gasteiger partial charge in [-0.2, -0.15) is 0 Å². The fourth-order valence-electron chi connectivity index (χ4n) is 1.25. The van der Waals surface area contributed by atoms with Crippen LogP contribution in [0.4, 0.5) is 0 Å². The number of hydrogen-bond donors (Lipinski definition) is 1. The van der Waals surface area contributed by atoms with Crippen molar-refractivity contribution in [1.82, 2.24) is 0 Å². The van der Waals surface area contributed by atoms with Crippen LogP contribution in [0.2, 0.25) is 0 Å². The summed E-state index contributed by atoms with van der Waals surface area (Å²) in [6.07, 6.45) is 1.67. The van der Waals surface area contributed by atoms with E-state index < -0.39 is 0 Å². The number of methoxy groups -OCH3 is 2. The van der Waals surface area contributed by atoms with Gasteiger partial charge in [-0.1, -0.05) is 22.0 Å². The first-order chi connectivity index (χ1) is 7.13. The molecule has 0 amide bonds. The molecule has 0 aromatic heterocycles. The van der Waals surface area contributed by atoms with Crippen molar-refractivity contribution in [2.24, 2.45) is 5.73 Å². The van der Waals surface area contributed by atoms with Gasteiger partial charge in [-0.15, -0.1) is 6.58 Å². The average Bonchev–Trinajstić information content (AvgIpc) is 2.27. The number of rotatable bonds is 4. The zero-order chi connectivity index (χ0) is 11.4. The minimum atomic E-state index is -0.223. The summed E-state index contributed by atoms with van der Waals surface area (Å²) >= 11 is 3.43. The fraction of sp³-hybridized carbons (Fsp3) is 0.273. The van der Waals surface area contributed by atoms with Crippen molar-refractivity contribution in [2.75, 3.05) is 14.2 Å². The Morgan fingerprint density at radius 2 is 1.87 bits per heavy atom. The molecule has 15 heavy (non-hydrogen) atoms. The van der Waals surface area contributed by atoms with Gasteiger partial charge in [-0.25, -0.2) is 0 Å². The molecule has 0 aliphatic heterocycles. The molecule has 82 valence electrons. The molecule has 0 aliphatic carbocycles. The van der Waals surface area contributed by atoms with Crippen LogP contribution in [0.5, 0.6) is 11.5 Å². The van der Waals surface area contributed by atoms with Crippen molar-refractivity contribution in [3.8, 4) is 11.5 Å². The Morgan fingerprint density at radius 1 is 1.33 bits per heavy atom. The summed E-state index contributed by atoms with van der Waals surface area (Å²) in [4.78, 5) is 0. The maximum Gasteiger partial charge on any atom is 0.161 e. The number of halogens is 1. The maximum atomic E-state index is 5.87. The lowest BCUT2D eigenvalue weighted by Crippen LogP contribution is -2.07. The van der Waals surface area contributed by atoms with E-state index in [1.807, 2.05) is 12.1 Å². The van der Waals surface area contributed by atoms with Gasteiger partial charge in [-0.3, -0.25) is 0 Å². The van der Waals surface area contributed by atoms with Gasteiger partial charge in [0.05, 0.1) is 14.2 Å². The van der Waals surface area contributed by atoms with Gasteiger partial charge in [0, 0.05) is 10.5 Å². The zero-order valence-electron chi connectivity index (χ0n) is 8.79. The lowest BCUT2D eigenvalue weighted by molar-refractivity contribution is 0.354. The molecule has 3 nitrogen and oxygen atoms in total. The summed E-state index contributed by atoms with van der Waals surface area (Å²) in [6, 6.07) is 3.45. The Morgan fingerprint density at radius 3 is 2.33 bits per heavy atom. The second-order valence-corrected chi connectivity index (χ2v) is 3.84. The summed E-state index contributed by atoms with van der Waals surface area (Å²) in [6.45, 7) is 3.66. The Balaban J connectivity index is 3.25. The Labute approximate surface area is 98.0 Å². The van der Waals surface area contributed by atoms with Crippen LogP contribution in [0.25, 0.3) is 0 Å². The van der Waals surface area contributed by atoms with E-state index in [4.69, 9.17) is 15.2 Å². The first-order valence-corrected chi connectivity index (χ1v) is 5.23. The van der Waals surface area contributed by atoms with E-state index in [1.54, 1.807) is 20.3 Å². The molecule has 1 rings (SSSR count). The van der Waals surface area contributed by atoms with Crippen molar-refractivity contribution in [3.63, 3.8) is 0 Å². The average molecular weight is 272 g/mol. The molecule has 4 heteroatoms. The van der Waals surface area contributed by atoms with Gasteiger partial charge in [0.2, 0.25) is 0 Å². The van der Waals surface area contributed by atoms with Crippen LogP contribution in [0.1, 0.15) is 11.6 Å². The highest BCUT2D eigenvalue weighted by atomic mass is 79.9. The highest BCUT2D eigenvalue weighted by Gasteiger charge is 2.12. The van der Waals surface area contributed by atoms with Crippen LogP contribution < -0.4 is 15.2 Å². The molecular formula is C11H14BrNO2. The topological polar surface area (TPSA) is 44.5 Å². The van der Waals surface area contributed by atoms with Crippen molar-refractivity contribution < 1.29 is 9.47 Å². The Bertz CT molecular complexity index is 366. The SMILES string of the molecule is C=C[C@@H](N)c1cc(OC)c(OC)cc1Br. The molecule has 0 bridgehead atoms. The second-order valence-electron chi connectivity index (χ2n) is 2.99. The summed E-state index contributed by atoms with van der Waals surface area (Å²) in [5, 5.41) is 0. The Hall–Kier alpha value is -1.00. The molecule has 0 aliphatic rings. The van der Waals surface area contributed by atoms with Crippen molar-refractivity contribution in [1.29, 1.82) is 0 Å². The third kappa shape index (κ3) is 2.52. The van der Waals surface area contributed by atoms with Gasteiger partial charge < -0.3 is 15.2 Å². The summed E-state index contributed by atoms with van der Waals surface area (Å²) in [5.41, 5.74) is 6.78. The van der Waals surface area contributed by atoms with Crippen LogP contribution in [0.3, 0.4) is 0 Å². The molecule has 0 saturated carbocycles. The van der Waals surface area contributed by atoms with Gasteiger partial charge in [0.25, 0.3) is 0 Å². The lowest BCUT2D eigenvalue weighted by Gasteiger charge is -2.14. The zero-order valence-corrected chi connectivity index (χ0v) is 10.4. The third-order valence-corrected chi connectivity index (χ3v) is 2.80. The van der Waals surface area contributed by atoms with Crippen LogP contribution in [0, 0.1) is 0 Å². The molecular weight excluding hydrogens is 258 g/mol. The van der Waals surface area contributed by atoms with E-state index in [1.165, 1.54) is 0 Å². The quantitative estimate of drug-likeness (QED) is 0.857. The van der Waals surface area contributed by atoms with Crippen LogP contribution in [0.15, 0.2) is 29.3 Å². The minimum absolute atomic E-state index is 0.223. The normalized spacial score (nSPS) is 12.0. The van der Waals surface area contributed by atoms with E-state index in [2.05, 4.69) is 22.5 Å². The molecule has 0 spiro atoms. The smallest absolute Gasteiger partial charge is 0.161 e. The van der Waals surface area contributed by atoms with Crippen molar-refractivity contribution in [2.45, 2.75) is 6.04 Å². The maximum absolute atomic E-state index is 5.87. The van der Waals surface area contributed by atoms with Gasteiger partial charge in [0.15, 0.2) is 11.5 Å². The standard InChI is InChI=1S/C11H14BrNO2/c1-4-9(13)7-5-10(14-2)11(15-3)6-8(7)12/h4-6,9H,1,13H2,2-3H3/t9-/m1/s1. The molecule has 2 N–H and O–H groups in total. The van der Waals surface area contributed by atoms with Gasteiger partial charge in [-0.05, 0) is 17.7 Å². The van der Waals surface area contributed by atoms with Crippen molar-refractivity contribution in [3.05, 3.63) is 34.8 Å². The molecule has 1 aromatic carbocycles. The Kier molecular flexibility index (Phi) is 4.17. The van der Waals surface area contributed by atoms with E-state index in [0.717, 1.165) is 10.0 Å². The largest absolute Gasteiger partial charge is 0.493 e. The number of ether oxygens (including phenoxy) is 2. The van der Waals surface area contributed by atoms with Crippen LogP contribution in [-0.4, -0.2) is 14.2 Å². The van der Waals surface area contributed by atoms with Crippen molar-refractivity contribution >= 4 is 15.9 Å². The van der Waals surface area contributed by atoms with E-state index in [0.29, 0.717) is 11.5 Å². The van der Waals surface area contributed by atoms with Crippen LogP contribution in [-0.2, 0) is 0 Å². The molecule has 0 fully saturated rings. The lowest BCUT2D eigenvalue weighted by atomic mass is 10.1. The molecule has 1 atom stereocenters. The first kappa shape index (κ1) is 12.1. The molecule has 1 aromatic rings. The monoisotopic (exact) mass is 271 g/mol. The highest BCUT2D eigenvalue weighted by molar-refractivity contribution is 9.10. The summed E-state index contributed by atoms with van der Waals surface area (Å²) in [5.74, 6) is 1.33. The minimum Gasteiger partial charge on any atom is -0.493 e. The van der Waals surface area contributed by atoms with Gasteiger partial charge >= 0.3 is 0 Å². The summed E-state index contributed by atoms with van der Waals surface area (Å²) < 4.78 is 11.2. The van der Waals surface area contributed by atoms with E-state index >= 15 is 0 Å². The predicted molar refractivity (Wildman–Crippen MR) is 64.4 cm³/mol. The van der Waals surface area contributed by atoms with Crippen LogP contribution >= 0.6 is 15.9 Å². The first-order valence-electron chi connectivity index (χ1n) is 4.43. The predicted octanol–water partition coefficient (Wildman–Crippen LogP) is 2.65. The molecule has 0 heterocycles. The third-order valence-electron chi connectivity index (χ3n) is 2.12. The van der Waals surface area contributed by atoms with Gasteiger partial charge in [0.1, 0.15) is 0 Å². The second kappa shape index (κ2) is 5.19. The molecule has 0 unspecified atom stereocenters.